The molecule has 2 heterocycles. The van der Waals surface area contributed by atoms with Crippen LogP contribution in [0.4, 0.5) is 10.5 Å². The van der Waals surface area contributed by atoms with Crippen molar-refractivity contribution in [3.8, 4) is 5.69 Å². The number of carbonyl (C=O) groups is 2. The van der Waals surface area contributed by atoms with E-state index in [0.717, 1.165) is 17.0 Å². The van der Waals surface area contributed by atoms with E-state index < -0.39 is 11.0 Å². The SMILES string of the molecule is CCCN1C(=O)N/C(=C/c2cc(C)n(-c3cccc([N+](=O)[O-])c3)c2C)C1=O. The van der Waals surface area contributed by atoms with Crippen molar-refractivity contribution in [3.63, 3.8) is 0 Å². The third-order valence-electron chi connectivity index (χ3n) is 4.48. The number of benzene rings is 1. The summed E-state index contributed by atoms with van der Waals surface area (Å²) in [6.07, 6.45) is 2.33. The number of nitro benzene ring substituents is 1. The Balaban J connectivity index is 2.00. The van der Waals surface area contributed by atoms with Crippen LogP contribution in [0.5, 0.6) is 0 Å². The predicted octanol–water partition coefficient (Wildman–Crippen LogP) is 3.31. The van der Waals surface area contributed by atoms with Crippen LogP contribution in [0.25, 0.3) is 11.8 Å². The van der Waals surface area contributed by atoms with E-state index in [1.54, 1.807) is 18.2 Å². The molecule has 8 nitrogen and oxygen atoms in total. The van der Waals surface area contributed by atoms with E-state index in [1.165, 1.54) is 17.0 Å². The molecule has 1 N–H and O–H groups in total. The van der Waals surface area contributed by atoms with Crippen molar-refractivity contribution >= 4 is 23.7 Å². The maximum Gasteiger partial charge on any atom is 0.329 e. The van der Waals surface area contributed by atoms with E-state index in [4.69, 9.17) is 0 Å². The number of amides is 3. The third kappa shape index (κ3) is 3.33. The zero-order chi connectivity index (χ0) is 19.7. The van der Waals surface area contributed by atoms with Crippen LogP contribution in [-0.2, 0) is 4.79 Å². The van der Waals surface area contributed by atoms with E-state index >= 15 is 0 Å². The van der Waals surface area contributed by atoms with Gasteiger partial charge in [0.25, 0.3) is 11.6 Å². The molecule has 0 bridgehead atoms. The Morgan fingerprint density at radius 1 is 1.22 bits per heavy atom. The number of nitrogens with zero attached hydrogens (tertiary/aromatic N) is 3. The first kappa shape index (κ1) is 18.4. The molecular formula is C19H20N4O4. The van der Waals surface area contributed by atoms with E-state index in [2.05, 4.69) is 5.32 Å². The van der Waals surface area contributed by atoms with Crippen molar-refractivity contribution in [3.05, 3.63) is 63.1 Å². The summed E-state index contributed by atoms with van der Waals surface area (Å²) in [5, 5.41) is 13.7. The van der Waals surface area contributed by atoms with Gasteiger partial charge in [-0.3, -0.25) is 19.8 Å². The van der Waals surface area contributed by atoms with Gasteiger partial charge in [0, 0.05) is 30.1 Å². The Labute approximate surface area is 156 Å². The zero-order valence-corrected chi connectivity index (χ0v) is 15.4. The van der Waals surface area contributed by atoms with Crippen LogP contribution in [-0.4, -0.2) is 32.9 Å². The molecular weight excluding hydrogens is 348 g/mol. The maximum absolute atomic E-state index is 12.4. The van der Waals surface area contributed by atoms with Crippen molar-refractivity contribution in [1.82, 2.24) is 14.8 Å². The van der Waals surface area contributed by atoms with E-state index in [9.17, 15) is 19.7 Å². The van der Waals surface area contributed by atoms with Gasteiger partial charge in [-0.05, 0) is 44.0 Å². The molecule has 1 aliphatic rings. The molecule has 8 heteroatoms. The van der Waals surface area contributed by atoms with Gasteiger partial charge in [-0.2, -0.15) is 0 Å². The summed E-state index contributed by atoms with van der Waals surface area (Å²) in [4.78, 5) is 36.1. The Morgan fingerprint density at radius 2 is 1.96 bits per heavy atom. The molecule has 2 aromatic rings. The number of nitrogens with one attached hydrogen (secondary N) is 1. The largest absolute Gasteiger partial charge is 0.329 e. The first-order valence-corrected chi connectivity index (χ1v) is 8.61. The topological polar surface area (TPSA) is 97.5 Å². The van der Waals surface area contributed by atoms with Crippen molar-refractivity contribution in [2.45, 2.75) is 27.2 Å². The highest BCUT2D eigenvalue weighted by Gasteiger charge is 2.32. The van der Waals surface area contributed by atoms with Crippen LogP contribution in [0.2, 0.25) is 0 Å². The number of urea groups is 1. The Kier molecular flexibility index (Phi) is 4.81. The van der Waals surface area contributed by atoms with Crippen molar-refractivity contribution in [2.75, 3.05) is 6.54 Å². The number of hydrogen-bond donors (Lipinski definition) is 1. The Morgan fingerprint density at radius 3 is 2.63 bits per heavy atom. The highest BCUT2D eigenvalue weighted by Crippen LogP contribution is 2.26. The summed E-state index contributed by atoms with van der Waals surface area (Å²) in [6.45, 7) is 6.01. The quantitative estimate of drug-likeness (QED) is 0.379. The second kappa shape index (κ2) is 7.06. The lowest BCUT2D eigenvalue weighted by Crippen LogP contribution is -2.31. The summed E-state index contributed by atoms with van der Waals surface area (Å²) in [6, 6.07) is 7.82. The van der Waals surface area contributed by atoms with E-state index in [0.29, 0.717) is 18.7 Å². The zero-order valence-electron chi connectivity index (χ0n) is 15.4. The van der Waals surface area contributed by atoms with Crippen LogP contribution in [0.15, 0.2) is 36.0 Å². The molecule has 0 spiro atoms. The van der Waals surface area contributed by atoms with Crippen molar-refractivity contribution in [1.29, 1.82) is 0 Å². The van der Waals surface area contributed by atoms with Gasteiger partial charge in [-0.25, -0.2) is 4.79 Å². The number of non-ortho nitro benzene ring substituents is 1. The highest BCUT2D eigenvalue weighted by molar-refractivity contribution is 6.14. The van der Waals surface area contributed by atoms with Gasteiger partial charge in [0.2, 0.25) is 0 Å². The second-order valence-electron chi connectivity index (χ2n) is 6.38. The van der Waals surface area contributed by atoms with E-state index in [1.807, 2.05) is 31.4 Å². The van der Waals surface area contributed by atoms with Gasteiger partial charge < -0.3 is 9.88 Å². The lowest BCUT2D eigenvalue weighted by atomic mass is 10.2. The molecule has 140 valence electrons. The van der Waals surface area contributed by atoms with Gasteiger partial charge in [-0.15, -0.1) is 0 Å². The number of rotatable bonds is 5. The smallest absolute Gasteiger partial charge is 0.318 e. The molecule has 1 fully saturated rings. The molecule has 0 atom stereocenters. The standard InChI is InChI=1S/C19H20N4O4/c1-4-8-21-18(24)17(20-19(21)25)10-14-9-12(2)22(13(14)3)15-6-5-7-16(11-15)23(26)27/h5-7,9-11H,4,8H2,1-3H3,(H,20,25)/b17-10+. The number of hydrogen-bond acceptors (Lipinski definition) is 4. The number of imide groups is 1. The van der Waals surface area contributed by atoms with Gasteiger partial charge in [0.05, 0.1) is 10.6 Å². The lowest BCUT2D eigenvalue weighted by Gasteiger charge is -2.09. The molecule has 1 aromatic heterocycles. The molecule has 1 saturated heterocycles. The first-order chi connectivity index (χ1) is 12.8. The second-order valence-corrected chi connectivity index (χ2v) is 6.38. The first-order valence-electron chi connectivity index (χ1n) is 8.61. The average molecular weight is 368 g/mol. The van der Waals surface area contributed by atoms with Crippen LogP contribution < -0.4 is 5.32 Å². The fourth-order valence-electron chi connectivity index (χ4n) is 3.23. The molecule has 3 amide bonds. The van der Waals surface area contributed by atoms with Gasteiger partial charge >= 0.3 is 6.03 Å². The number of aromatic nitrogens is 1. The summed E-state index contributed by atoms with van der Waals surface area (Å²) in [7, 11) is 0. The fraction of sp³-hybridized carbons (Fsp3) is 0.263. The van der Waals surface area contributed by atoms with Gasteiger partial charge in [0.15, 0.2) is 0 Å². The van der Waals surface area contributed by atoms with Gasteiger partial charge in [0.1, 0.15) is 5.70 Å². The molecule has 0 aliphatic carbocycles. The molecule has 0 saturated carbocycles. The number of aryl methyl sites for hydroxylation is 1. The van der Waals surface area contributed by atoms with Crippen LogP contribution in [0.3, 0.4) is 0 Å². The molecule has 1 aliphatic heterocycles. The predicted molar refractivity (Wildman–Crippen MR) is 100 cm³/mol. The van der Waals surface area contributed by atoms with Crippen LogP contribution >= 0.6 is 0 Å². The Bertz CT molecular complexity index is 974. The van der Waals surface area contributed by atoms with Crippen molar-refractivity contribution < 1.29 is 14.5 Å². The minimum Gasteiger partial charge on any atom is -0.318 e. The summed E-state index contributed by atoms with van der Waals surface area (Å²) in [5.74, 6) is -0.345. The molecule has 0 radical (unpaired) electrons. The highest BCUT2D eigenvalue weighted by atomic mass is 16.6. The fourth-order valence-corrected chi connectivity index (χ4v) is 3.23. The van der Waals surface area contributed by atoms with Crippen LogP contribution in [0, 0.1) is 24.0 Å². The maximum atomic E-state index is 12.4. The summed E-state index contributed by atoms with van der Waals surface area (Å²) >= 11 is 0. The van der Waals surface area contributed by atoms with Crippen LogP contribution in [0.1, 0.15) is 30.3 Å². The third-order valence-corrected chi connectivity index (χ3v) is 4.48. The van der Waals surface area contributed by atoms with Gasteiger partial charge in [-0.1, -0.05) is 13.0 Å². The minimum atomic E-state index is -0.435. The Hall–Kier alpha value is -3.42. The average Bonchev–Trinajstić information content (AvgIpc) is 3.05. The molecule has 1 aromatic carbocycles. The molecule has 3 rings (SSSR count). The normalized spacial score (nSPS) is 15.5. The van der Waals surface area contributed by atoms with Crippen molar-refractivity contribution in [2.24, 2.45) is 0 Å². The number of carbonyl (C=O) groups excluding carboxylic acids is 2. The minimum absolute atomic E-state index is 0.00773. The molecule has 27 heavy (non-hydrogen) atoms. The lowest BCUT2D eigenvalue weighted by molar-refractivity contribution is -0.384. The van der Waals surface area contributed by atoms with E-state index in [-0.39, 0.29) is 17.3 Å². The summed E-state index contributed by atoms with van der Waals surface area (Å²) < 4.78 is 1.88. The number of nitro groups is 1. The monoisotopic (exact) mass is 368 g/mol. The summed E-state index contributed by atoms with van der Waals surface area (Å²) in [5.41, 5.74) is 3.35. The molecule has 0 unspecified atom stereocenters.